The lowest BCUT2D eigenvalue weighted by molar-refractivity contribution is -0.151. The summed E-state index contributed by atoms with van der Waals surface area (Å²) >= 11 is 0. The van der Waals surface area contributed by atoms with Gasteiger partial charge < -0.3 is 26.6 Å². The highest BCUT2D eigenvalue weighted by molar-refractivity contribution is 7.90. The van der Waals surface area contributed by atoms with E-state index in [-0.39, 0.29) is 41.2 Å². The number of benzene rings is 1. The summed E-state index contributed by atoms with van der Waals surface area (Å²) in [5.74, 6) is -3.49. The Hall–Kier alpha value is -3.48. The number of primary amides is 1. The van der Waals surface area contributed by atoms with Crippen LogP contribution in [-0.4, -0.2) is 79.3 Å². The molecule has 0 aromatic heterocycles. The third-order valence-corrected chi connectivity index (χ3v) is 12.0. The molecule has 274 valence electrons. The van der Waals surface area contributed by atoms with Crippen molar-refractivity contribution in [3.63, 3.8) is 0 Å². The molecule has 12 nitrogen and oxygen atoms in total. The van der Waals surface area contributed by atoms with Crippen LogP contribution in [-0.2, 0) is 34.8 Å². The molecular formula is C36H57N5O7S. The molecule has 5 amide bonds. The van der Waals surface area contributed by atoms with Crippen LogP contribution in [0.4, 0.5) is 4.79 Å². The van der Waals surface area contributed by atoms with Crippen molar-refractivity contribution < 1.29 is 32.4 Å². The number of amides is 5. The van der Waals surface area contributed by atoms with E-state index in [4.69, 9.17) is 5.73 Å². The van der Waals surface area contributed by atoms with Gasteiger partial charge in [0, 0.05) is 12.6 Å². The quantitative estimate of drug-likeness (QED) is 0.214. The van der Waals surface area contributed by atoms with Gasteiger partial charge in [-0.2, -0.15) is 0 Å². The van der Waals surface area contributed by atoms with Gasteiger partial charge in [0.25, 0.3) is 5.91 Å². The average molecular weight is 704 g/mol. The third-order valence-electron chi connectivity index (χ3n) is 10.3. The molecule has 49 heavy (non-hydrogen) atoms. The zero-order chi connectivity index (χ0) is 36.9. The molecule has 1 saturated carbocycles. The normalized spacial score (nSPS) is 21.5. The van der Waals surface area contributed by atoms with Crippen LogP contribution in [0.15, 0.2) is 30.3 Å². The van der Waals surface area contributed by atoms with Gasteiger partial charge in [-0.1, -0.05) is 105 Å². The summed E-state index contributed by atoms with van der Waals surface area (Å²) in [4.78, 5) is 68.0. The van der Waals surface area contributed by atoms with Gasteiger partial charge >= 0.3 is 6.03 Å². The van der Waals surface area contributed by atoms with Crippen molar-refractivity contribution in [2.75, 3.05) is 12.3 Å². The monoisotopic (exact) mass is 703 g/mol. The first-order chi connectivity index (χ1) is 22.6. The summed E-state index contributed by atoms with van der Waals surface area (Å²) in [7, 11) is -3.59. The maximum absolute atomic E-state index is 14.4. The van der Waals surface area contributed by atoms with Gasteiger partial charge in [-0.25, -0.2) is 13.2 Å². The van der Waals surface area contributed by atoms with E-state index in [1.807, 2.05) is 40.7 Å². The molecule has 2 unspecified atom stereocenters. The Kier molecular flexibility index (Phi) is 13.1. The molecule has 2 aliphatic rings. The summed E-state index contributed by atoms with van der Waals surface area (Å²) in [6.45, 7) is 15.3. The second-order valence-electron chi connectivity index (χ2n) is 16.2. The summed E-state index contributed by atoms with van der Waals surface area (Å²) in [6.07, 6.45) is 3.41. The molecular weight excluding hydrogens is 646 g/mol. The standard InChI is InChI=1S/C36H57N5O7S/c1-22(2)27(21-49(47,48)20-25-13-10-9-11-14-25)39-34(46)40-30(35(4,5)6)33(45)41-19-23(3)36(7,8)18-28(41)32(44)38-26(29(42)31(37)43)17-24-15-12-16-24/h9-11,13-14,22-24,26-28,30H,12,15-21H2,1-8H3,(H2,37,43)(H,38,44)(H2,39,40,46)/t23?,26?,27-,28+,30-/m1/s1. The Morgan fingerprint density at radius 3 is 2.12 bits per heavy atom. The van der Waals surface area contributed by atoms with Crippen molar-refractivity contribution in [2.24, 2.45) is 34.3 Å². The highest BCUT2D eigenvalue weighted by atomic mass is 32.2. The first-order valence-corrected chi connectivity index (χ1v) is 19.2. The van der Waals surface area contributed by atoms with E-state index in [1.165, 1.54) is 4.90 Å². The summed E-state index contributed by atoms with van der Waals surface area (Å²) in [6, 6.07) is 4.28. The van der Waals surface area contributed by atoms with Crippen LogP contribution in [0.25, 0.3) is 0 Å². The van der Waals surface area contributed by atoms with Crippen LogP contribution in [0, 0.1) is 28.6 Å². The van der Waals surface area contributed by atoms with E-state index < -0.39 is 69.0 Å². The van der Waals surface area contributed by atoms with Gasteiger partial charge in [-0.05, 0) is 47.0 Å². The number of piperidine rings is 1. The number of urea groups is 1. The van der Waals surface area contributed by atoms with Crippen molar-refractivity contribution in [3.05, 3.63) is 35.9 Å². The van der Waals surface area contributed by atoms with Gasteiger partial charge in [0.1, 0.15) is 12.1 Å². The maximum Gasteiger partial charge on any atom is 0.315 e. The Labute approximate surface area is 292 Å². The number of carbonyl (C=O) groups excluding carboxylic acids is 5. The molecule has 3 rings (SSSR count). The average Bonchev–Trinajstić information content (AvgIpc) is 2.96. The predicted octanol–water partition coefficient (Wildman–Crippen LogP) is 3.33. The van der Waals surface area contributed by atoms with Crippen LogP contribution in [0.3, 0.4) is 0 Å². The number of nitrogens with two attached hydrogens (primary N) is 1. The van der Waals surface area contributed by atoms with Crippen LogP contribution in [0.5, 0.6) is 0 Å². The van der Waals surface area contributed by atoms with E-state index in [0.29, 0.717) is 18.4 Å². The minimum Gasteiger partial charge on any atom is -0.363 e. The van der Waals surface area contributed by atoms with Gasteiger partial charge in [0.15, 0.2) is 9.84 Å². The highest BCUT2D eigenvalue weighted by Crippen LogP contribution is 2.40. The Balaban J connectivity index is 1.82. The summed E-state index contributed by atoms with van der Waals surface area (Å²) < 4.78 is 26.2. The predicted molar refractivity (Wildman–Crippen MR) is 189 cm³/mol. The topological polar surface area (TPSA) is 185 Å². The van der Waals surface area contributed by atoms with Gasteiger partial charge in [0.2, 0.25) is 17.6 Å². The fourth-order valence-electron chi connectivity index (χ4n) is 6.41. The number of hydrogen-bond acceptors (Lipinski definition) is 7. The number of carbonyl (C=O) groups is 5. The van der Waals surface area contributed by atoms with Gasteiger partial charge in [-0.3, -0.25) is 19.2 Å². The largest absolute Gasteiger partial charge is 0.363 e. The minimum absolute atomic E-state index is 0.00638. The number of likely N-dealkylation sites (tertiary alicyclic amines) is 1. The van der Waals surface area contributed by atoms with Crippen molar-refractivity contribution in [3.8, 4) is 0 Å². The second kappa shape index (κ2) is 16.0. The first kappa shape index (κ1) is 40.0. The minimum atomic E-state index is -3.59. The summed E-state index contributed by atoms with van der Waals surface area (Å²) in [5.41, 5.74) is 4.85. The molecule has 0 spiro atoms. The molecule has 2 fully saturated rings. The number of nitrogens with zero attached hydrogens (tertiary/aromatic N) is 1. The first-order valence-electron chi connectivity index (χ1n) is 17.4. The molecule has 5 N–H and O–H groups in total. The van der Waals surface area contributed by atoms with Gasteiger partial charge in [-0.15, -0.1) is 0 Å². The number of sulfone groups is 1. The number of nitrogens with one attached hydrogen (secondary N) is 3. The van der Waals surface area contributed by atoms with Crippen molar-refractivity contribution in [1.82, 2.24) is 20.9 Å². The number of rotatable bonds is 14. The zero-order valence-corrected chi connectivity index (χ0v) is 31.2. The van der Waals surface area contributed by atoms with E-state index in [0.717, 1.165) is 19.3 Å². The van der Waals surface area contributed by atoms with Crippen molar-refractivity contribution in [2.45, 2.75) is 117 Å². The highest BCUT2D eigenvalue weighted by Gasteiger charge is 2.48. The molecule has 1 aromatic rings. The van der Waals surface area contributed by atoms with E-state index in [9.17, 15) is 32.4 Å². The summed E-state index contributed by atoms with van der Waals surface area (Å²) in [5, 5.41) is 8.36. The fraction of sp³-hybridized carbons (Fsp3) is 0.694. The van der Waals surface area contributed by atoms with Crippen LogP contribution in [0.2, 0.25) is 0 Å². The maximum atomic E-state index is 14.4. The fourth-order valence-corrected chi connectivity index (χ4v) is 8.24. The van der Waals surface area contributed by atoms with E-state index >= 15 is 0 Å². The molecule has 1 aliphatic carbocycles. The zero-order valence-electron chi connectivity index (χ0n) is 30.4. The lowest BCUT2D eigenvalue weighted by Gasteiger charge is -2.48. The molecule has 1 saturated heterocycles. The Morgan fingerprint density at radius 1 is 1.00 bits per heavy atom. The molecule has 13 heteroatoms. The molecule has 0 bridgehead atoms. The molecule has 1 aromatic carbocycles. The molecule has 0 radical (unpaired) electrons. The number of hydrogen-bond donors (Lipinski definition) is 4. The number of ketones is 1. The van der Waals surface area contributed by atoms with Gasteiger partial charge in [0.05, 0.1) is 17.5 Å². The van der Waals surface area contributed by atoms with Crippen LogP contribution >= 0.6 is 0 Å². The van der Waals surface area contributed by atoms with Crippen molar-refractivity contribution in [1.29, 1.82) is 0 Å². The lowest BCUT2D eigenvalue weighted by Crippen LogP contribution is -2.65. The van der Waals surface area contributed by atoms with E-state index in [1.54, 1.807) is 45.0 Å². The van der Waals surface area contributed by atoms with Crippen LogP contribution < -0.4 is 21.7 Å². The number of Topliss-reactive ketones (excluding diaryl/α,β-unsaturated/α-hetero) is 1. The Morgan fingerprint density at radius 2 is 1.61 bits per heavy atom. The molecule has 1 heterocycles. The Bertz CT molecular complexity index is 1470. The smallest absolute Gasteiger partial charge is 0.315 e. The second-order valence-corrected chi connectivity index (χ2v) is 18.3. The van der Waals surface area contributed by atoms with E-state index in [2.05, 4.69) is 16.0 Å². The molecule has 5 atom stereocenters. The van der Waals surface area contributed by atoms with Crippen molar-refractivity contribution >= 4 is 39.4 Å². The lowest BCUT2D eigenvalue weighted by atomic mass is 9.71. The molecule has 1 aliphatic heterocycles. The third kappa shape index (κ3) is 11.0. The van der Waals surface area contributed by atoms with Crippen LogP contribution in [0.1, 0.15) is 93.1 Å². The SMILES string of the molecule is CC(C)[C@@H](CS(=O)(=O)Cc1ccccc1)NC(=O)N[C@H](C(=O)N1CC(C)C(C)(C)C[C@H]1C(=O)NC(CC1CCC1)C(=O)C(N)=O)C(C)(C)C.